The number of furan rings is 1. The number of carboxylic acid groups (broad SMARTS) is 1. The normalized spacial score (nSPS) is 11.5. The Morgan fingerprint density at radius 1 is 1.06 bits per heavy atom. The monoisotopic (exact) mass is 417 g/mol. The number of carbonyl (C=O) groups is 1. The van der Waals surface area contributed by atoms with E-state index in [1.807, 2.05) is 36.4 Å². The first-order valence-corrected chi connectivity index (χ1v) is 10.1. The highest BCUT2D eigenvalue weighted by Gasteiger charge is 2.16. The van der Waals surface area contributed by atoms with Gasteiger partial charge in [-0.2, -0.15) is 0 Å². The molecule has 0 aliphatic heterocycles. The van der Waals surface area contributed by atoms with Crippen LogP contribution in [-0.4, -0.2) is 11.1 Å². The van der Waals surface area contributed by atoms with Gasteiger partial charge in [0.1, 0.15) is 17.4 Å². The van der Waals surface area contributed by atoms with E-state index in [9.17, 15) is 0 Å². The fraction of sp³-hybridized carbons (Fsp3) is 0.192. The molecule has 4 rings (SSSR count). The minimum atomic E-state index is -0.833. The first-order chi connectivity index (χ1) is 14.9. The van der Waals surface area contributed by atoms with E-state index in [0.717, 1.165) is 51.5 Å². The van der Waals surface area contributed by atoms with Crippen molar-refractivity contribution in [3.05, 3.63) is 89.7 Å². The quantitative estimate of drug-likeness (QED) is 0.410. The number of para-hydroxylation sites is 1. The van der Waals surface area contributed by atoms with Gasteiger partial charge in [-0.3, -0.25) is 4.79 Å². The molecule has 0 radical (unpaired) electrons. The van der Waals surface area contributed by atoms with Gasteiger partial charge in [0.2, 0.25) is 0 Å². The van der Waals surface area contributed by atoms with E-state index in [2.05, 4.69) is 44.2 Å². The Hall–Kier alpha value is -3.57. The second-order valence-corrected chi connectivity index (χ2v) is 7.35. The molecule has 0 spiro atoms. The lowest BCUT2D eigenvalue weighted by molar-refractivity contribution is -0.134. The Kier molecular flexibility index (Phi) is 7.11. The summed E-state index contributed by atoms with van der Waals surface area (Å²) < 4.78 is 12.0. The Morgan fingerprint density at radius 2 is 1.77 bits per heavy atom. The van der Waals surface area contributed by atoms with Gasteiger partial charge >= 0.3 is 0 Å². The van der Waals surface area contributed by atoms with Crippen LogP contribution in [-0.2, 0) is 11.3 Å². The van der Waals surface area contributed by atoms with Gasteiger partial charge < -0.3 is 20.0 Å². The van der Waals surface area contributed by atoms with Crippen LogP contribution in [0.3, 0.4) is 0 Å². The summed E-state index contributed by atoms with van der Waals surface area (Å²) in [5.41, 5.74) is 12.2. The van der Waals surface area contributed by atoms with Gasteiger partial charge in [-0.05, 0) is 60.4 Å². The zero-order valence-corrected chi connectivity index (χ0v) is 18.0. The van der Waals surface area contributed by atoms with E-state index in [0.29, 0.717) is 6.54 Å². The van der Waals surface area contributed by atoms with Crippen molar-refractivity contribution < 1.29 is 19.1 Å². The number of hydrogen-bond donors (Lipinski definition) is 2. The Labute approximate surface area is 182 Å². The van der Waals surface area contributed by atoms with Crippen molar-refractivity contribution in [3.63, 3.8) is 0 Å². The predicted octanol–water partition coefficient (Wildman–Crippen LogP) is 6.10. The largest absolute Gasteiger partial charge is 0.486 e. The average Bonchev–Trinajstić information content (AvgIpc) is 3.18. The number of aryl methyl sites for hydroxylation is 1. The van der Waals surface area contributed by atoms with Gasteiger partial charge in [0.15, 0.2) is 0 Å². The van der Waals surface area contributed by atoms with E-state index >= 15 is 0 Å². The first-order valence-electron chi connectivity index (χ1n) is 10.1. The molecule has 5 heteroatoms. The van der Waals surface area contributed by atoms with E-state index in [1.165, 1.54) is 0 Å². The zero-order chi connectivity index (χ0) is 22.4. The molecule has 5 nitrogen and oxygen atoms in total. The summed E-state index contributed by atoms with van der Waals surface area (Å²) in [5, 5.41) is 8.49. The number of fused-ring (bicyclic) bond motifs is 1. The molecule has 1 unspecified atom stereocenters. The van der Waals surface area contributed by atoms with Crippen LogP contribution in [0, 0.1) is 6.92 Å². The SMILES string of the molecule is CC(=O)O.Cc1ccccc1OC(C)c1coc2ccc(-c3cccc(CN)c3)cc12. The van der Waals surface area contributed by atoms with Crippen molar-refractivity contribution >= 4 is 16.9 Å². The van der Waals surface area contributed by atoms with Gasteiger partial charge in [0.25, 0.3) is 5.97 Å². The van der Waals surface area contributed by atoms with Crippen molar-refractivity contribution in [1.82, 2.24) is 0 Å². The third-order valence-corrected chi connectivity index (χ3v) is 4.93. The lowest BCUT2D eigenvalue weighted by Crippen LogP contribution is -2.03. The fourth-order valence-electron chi connectivity index (χ4n) is 3.36. The Balaban J connectivity index is 0.000000628. The van der Waals surface area contributed by atoms with Crippen LogP contribution in [0.4, 0.5) is 0 Å². The highest BCUT2D eigenvalue weighted by Crippen LogP contribution is 2.33. The summed E-state index contributed by atoms with van der Waals surface area (Å²) in [4.78, 5) is 9.00. The fourth-order valence-corrected chi connectivity index (χ4v) is 3.36. The number of hydrogen-bond acceptors (Lipinski definition) is 4. The molecule has 0 aliphatic rings. The minimum Gasteiger partial charge on any atom is -0.486 e. The summed E-state index contributed by atoms with van der Waals surface area (Å²) in [6, 6.07) is 22.7. The summed E-state index contributed by atoms with van der Waals surface area (Å²) >= 11 is 0. The zero-order valence-electron chi connectivity index (χ0n) is 18.0. The summed E-state index contributed by atoms with van der Waals surface area (Å²) in [7, 11) is 0. The number of ether oxygens (including phenoxy) is 1. The van der Waals surface area contributed by atoms with Crippen LogP contribution in [0.25, 0.3) is 22.1 Å². The van der Waals surface area contributed by atoms with Crippen molar-refractivity contribution in [2.75, 3.05) is 0 Å². The van der Waals surface area contributed by atoms with E-state index in [-0.39, 0.29) is 6.10 Å². The first kappa shape index (κ1) is 22.1. The predicted molar refractivity (Wildman–Crippen MR) is 123 cm³/mol. The highest BCUT2D eigenvalue weighted by molar-refractivity contribution is 5.86. The molecular formula is C26H27NO4. The molecular weight excluding hydrogens is 390 g/mol. The summed E-state index contributed by atoms with van der Waals surface area (Å²) in [6.45, 7) is 5.73. The molecule has 0 saturated carbocycles. The molecule has 0 saturated heterocycles. The van der Waals surface area contributed by atoms with Gasteiger partial charge in [-0.15, -0.1) is 0 Å². The van der Waals surface area contributed by atoms with Crippen LogP contribution in [0.5, 0.6) is 5.75 Å². The Bertz CT molecular complexity index is 1170. The number of nitrogens with two attached hydrogens (primary N) is 1. The molecule has 1 atom stereocenters. The van der Waals surface area contributed by atoms with Crippen molar-refractivity contribution in [2.24, 2.45) is 5.73 Å². The standard InChI is InChI=1S/C24H23NO2.C2H4O2/c1-16-6-3-4-9-23(16)27-17(2)22-15-26-24-11-10-20(13-21(22)24)19-8-5-7-18(12-19)14-25;1-2(3)4/h3-13,15,17H,14,25H2,1-2H3;1H3,(H,3,4). The van der Waals surface area contributed by atoms with Crippen molar-refractivity contribution in [1.29, 1.82) is 0 Å². The second kappa shape index (κ2) is 9.96. The molecule has 1 heterocycles. The van der Waals surface area contributed by atoms with Crippen molar-refractivity contribution in [3.8, 4) is 16.9 Å². The lowest BCUT2D eigenvalue weighted by atomic mass is 10.00. The number of rotatable bonds is 5. The van der Waals surface area contributed by atoms with E-state index in [4.69, 9.17) is 24.8 Å². The van der Waals surface area contributed by atoms with Crippen LogP contribution >= 0.6 is 0 Å². The molecule has 0 aliphatic carbocycles. The van der Waals surface area contributed by atoms with Gasteiger partial charge in [-0.25, -0.2) is 0 Å². The molecule has 160 valence electrons. The lowest BCUT2D eigenvalue weighted by Gasteiger charge is -2.15. The maximum atomic E-state index is 9.00. The summed E-state index contributed by atoms with van der Waals surface area (Å²) in [6.07, 6.45) is 1.69. The number of aliphatic carboxylic acids is 1. The maximum absolute atomic E-state index is 9.00. The molecule has 3 N–H and O–H groups in total. The molecule has 31 heavy (non-hydrogen) atoms. The van der Waals surface area contributed by atoms with E-state index in [1.54, 1.807) is 6.26 Å². The van der Waals surface area contributed by atoms with Crippen LogP contribution in [0.2, 0.25) is 0 Å². The van der Waals surface area contributed by atoms with Gasteiger partial charge in [0, 0.05) is 24.4 Å². The minimum absolute atomic E-state index is 0.113. The summed E-state index contributed by atoms with van der Waals surface area (Å²) in [5.74, 6) is 0.0613. The van der Waals surface area contributed by atoms with Gasteiger partial charge in [-0.1, -0.05) is 42.5 Å². The Morgan fingerprint density at radius 3 is 2.48 bits per heavy atom. The molecule has 3 aromatic carbocycles. The third-order valence-electron chi connectivity index (χ3n) is 4.93. The smallest absolute Gasteiger partial charge is 0.300 e. The van der Waals surface area contributed by atoms with Crippen LogP contribution < -0.4 is 10.5 Å². The average molecular weight is 418 g/mol. The molecule has 4 aromatic rings. The maximum Gasteiger partial charge on any atom is 0.300 e. The molecule has 0 fully saturated rings. The third kappa shape index (κ3) is 5.53. The van der Waals surface area contributed by atoms with E-state index < -0.39 is 5.97 Å². The highest BCUT2D eigenvalue weighted by atomic mass is 16.5. The van der Waals surface area contributed by atoms with Crippen LogP contribution in [0.1, 0.15) is 36.6 Å². The molecule has 0 bridgehead atoms. The number of carboxylic acids is 1. The molecule has 0 amide bonds. The van der Waals surface area contributed by atoms with Gasteiger partial charge in [0.05, 0.1) is 6.26 Å². The van der Waals surface area contributed by atoms with Crippen LogP contribution in [0.15, 0.2) is 77.4 Å². The molecule has 1 aromatic heterocycles. The topological polar surface area (TPSA) is 85.7 Å². The second-order valence-electron chi connectivity index (χ2n) is 7.35. The van der Waals surface area contributed by atoms with Crippen molar-refractivity contribution in [2.45, 2.75) is 33.4 Å². The number of benzene rings is 3.